The van der Waals surface area contributed by atoms with Crippen molar-refractivity contribution in [3.8, 4) is 0 Å². The van der Waals surface area contributed by atoms with Gasteiger partial charge in [0, 0.05) is 6.92 Å². The fourth-order valence-corrected chi connectivity index (χ4v) is 2.04. The van der Waals surface area contributed by atoms with Crippen LogP contribution in [0.25, 0.3) is 0 Å². The third-order valence-electron chi connectivity index (χ3n) is 2.72. The molecule has 2 nitrogen and oxygen atoms in total. The largest absolute Gasteiger partial charge is 0.462 e. The second-order valence-corrected chi connectivity index (χ2v) is 4.86. The topological polar surface area (TPSA) is 26.3 Å². The molecule has 0 N–H and O–H groups in total. The first kappa shape index (κ1) is 11.3. The third-order valence-corrected chi connectivity index (χ3v) is 2.72. The Balaban J connectivity index is 2.40. The van der Waals surface area contributed by atoms with Gasteiger partial charge in [-0.15, -0.1) is 0 Å². The van der Waals surface area contributed by atoms with E-state index in [-0.39, 0.29) is 5.97 Å². The minimum absolute atomic E-state index is 0.197. The van der Waals surface area contributed by atoms with E-state index in [0.717, 1.165) is 6.42 Å². The highest BCUT2D eigenvalue weighted by molar-refractivity contribution is 5.66. The zero-order valence-electron chi connectivity index (χ0n) is 9.43. The maximum absolute atomic E-state index is 10.6. The lowest BCUT2D eigenvalue weighted by molar-refractivity contribution is -0.139. The van der Waals surface area contributed by atoms with Gasteiger partial charge in [-0.25, -0.2) is 0 Å². The van der Waals surface area contributed by atoms with Crippen LogP contribution < -0.4 is 0 Å². The van der Waals surface area contributed by atoms with Gasteiger partial charge < -0.3 is 4.74 Å². The Morgan fingerprint density at radius 2 is 2.29 bits per heavy atom. The van der Waals surface area contributed by atoms with E-state index in [0.29, 0.717) is 12.0 Å². The van der Waals surface area contributed by atoms with Crippen molar-refractivity contribution in [2.24, 2.45) is 5.41 Å². The SMILES string of the molecule is CC(=O)OC/C=C1\CCCC(C)(C)C1. The Morgan fingerprint density at radius 3 is 2.86 bits per heavy atom. The van der Waals surface area contributed by atoms with Gasteiger partial charge in [-0.05, 0) is 37.2 Å². The maximum Gasteiger partial charge on any atom is 0.302 e. The molecule has 1 rings (SSSR count). The number of esters is 1. The minimum Gasteiger partial charge on any atom is -0.462 e. The summed E-state index contributed by atoms with van der Waals surface area (Å²) in [5, 5.41) is 0. The summed E-state index contributed by atoms with van der Waals surface area (Å²) in [5.74, 6) is -0.197. The summed E-state index contributed by atoms with van der Waals surface area (Å²) in [7, 11) is 0. The molecular weight excluding hydrogens is 176 g/mol. The van der Waals surface area contributed by atoms with Crippen molar-refractivity contribution in [3.63, 3.8) is 0 Å². The fraction of sp³-hybridized carbons (Fsp3) is 0.750. The van der Waals surface area contributed by atoms with E-state index in [2.05, 4.69) is 19.9 Å². The van der Waals surface area contributed by atoms with Gasteiger partial charge in [-0.3, -0.25) is 4.79 Å². The molecule has 0 atom stereocenters. The monoisotopic (exact) mass is 196 g/mol. The molecule has 1 fully saturated rings. The van der Waals surface area contributed by atoms with Gasteiger partial charge >= 0.3 is 5.97 Å². The van der Waals surface area contributed by atoms with Gasteiger partial charge in [0.1, 0.15) is 6.61 Å². The summed E-state index contributed by atoms with van der Waals surface area (Å²) < 4.78 is 4.90. The summed E-state index contributed by atoms with van der Waals surface area (Å²) in [6.07, 6.45) is 6.96. The van der Waals surface area contributed by atoms with Gasteiger partial charge in [-0.2, -0.15) is 0 Å². The van der Waals surface area contributed by atoms with E-state index in [4.69, 9.17) is 4.74 Å². The summed E-state index contributed by atoms with van der Waals surface area (Å²) in [6, 6.07) is 0. The van der Waals surface area contributed by atoms with E-state index >= 15 is 0 Å². The van der Waals surface area contributed by atoms with Crippen LogP contribution >= 0.6 is 0 Å². The highest BCUT2D eigenvalue weighted by Crippen LogP contribution is 2.37. The highest BCUT2D eigenvalue weighted by atomic mass is 16.5. The third kappa shape index (κ3) is 3.95. The number of rotatable bonds is 2. The van der Waals surface area contributed by atoms with Crippen LogP contribution in [0.4, 0.5) is 0 Å². The van der Waals surface area contributed by atoms with Gasteiger partial charge in [0.15, 0.2) is 0 Å². The molecule has 0 unspecified atom stereocenters. The summed E-state index contributed by atoms with van der Waals surface area (Å²) in [4.78, 5) is 10.6. The minimum atomic E-state index is -0.197. The molecule has 0 bridgehead atoms. The van der Waals surface area contributed by atoms with Gasteiger partial charge in [0.05, 0.1) is 0 Å². The maximum atomic E-state index is 10.6. The molecule has 0 aliphatic heterocycles. The first-order chi connectivity index (χ1) is 6.49. The second-order valence-electron chi connectivity index (χ2n) is 4.86. The molecule has 0 aromatic rings. The van der Waals surface area contributed by atoms with Crippen LogP contribution in [0.15, 0.2) is 11.6 Å². The normalized spacial score (nSPS) is 23.5. The molecule has 1 saturated carbocycles. The molecule has 0 heterocycles. The smallest absolute Gasteiger partial charge is 0.302 e. The summed E-state index contributed by atoms with van der Waals surface area (Å²) >= 11 is 0. The van der Waals surface area contributed by atoms with Crippen LogP contribution in [-0.4, -0.2) is 12.6 Å². The number of hydrogen-bond donors (Lipinski definition) is 0. The van der Waals surface area contributed by atoms with Crippen LogP contribution in [0.2, 0.25) is 0 Å². The molecular formula is C12H20O2. The molecule has 0 aromatic carbocycles. The van der Waals surface area contributed by atoms with E-state index < -0.39 is 0 Å². The first-order valence-corrected chi connectivity index (χ1v) is 5.31. The van der Waals surface area contributed by atoms with E-state index in [1.54, 1.807) is 0 Å². The second kappa shape index (κ2) is 4.63. The van der Waals surface area contributed by atoms with Gasteiger partial charge in [0.25, 0.3) is 0 Å². The van der Waals surface area contributed by atoms with Crippen LogP contribution in [-0.2, 0) is 9.53 Å². The number of hydrogen-bond acceptors (Lipinski definition) is 2. The zero-order chi connectivity index (χ0) is 10.6. The zero-order valence-corrected chi connectivity index (χ0v) is 9.43. The molecule has 1 aliphatic carbocycles. The summed E-state index contributed by atoms with van der Waals surface area (Å²) in [6.45, 7) is 6.49. The van der Waals surface area contributed by atoms with Crippen LogP contribution in [0, 0.1) is 5.41 Å². The van der Waals surface area contributed by atoms with Crippen molar-refractivity contribution in [1.82, 2.24) is 0 Å². The Morgan fingerprint density at radius 1 is 1.57 bits per heavy atom. The quantitative estimate of drug-likeness (QED) is 0.501. The molecule has 0 saturated heterocycles. The lowest BCUT2D eigenvalue weighted by Gasteiger charge is -2.31. The molecule has 0 amide bonds. The average Bonchev–Trinajstić information content (AvgIpc) is 2.01. The molecule has 1 aliphatic rings. The van der Waals surface area contributed by atoms with Crippen molar-refractivity contribution < 1.29 is 9.53 Å². The highest BCUT2D eigenvalue weighted by Gasteiger charge is 2.23. The van der Waals surface area contributed by atoms with Crippen LogP contribution in [0.5, 0.6) is 0 Å². The Bertz CT molecular complexity index is 239. The molecule has 0 spiro atoms. The molecule has 80 valence electrons. The lowest BCUT2D eigenvalue weighted by atomic mass is 9.75. The molecule has 0 radical (unpaired) electrons. The Kier molecular flexibility index (Phi) is 3.73. The Hall–Kier alpha value is -0.790. The predicted molar refractivity (Wildman–Crippen MR) is 57.0 cm³/mol. The fourth-order valence-electron chi connectivity index (χ4n) is 2.04. The van der Waals surface area contributed by atoms with Crippen molar-refractivity contribution in [3.05, 3.63) is 11.6 Å². The standard InChI is InChI=1S/C12H20O2/c1-10(13)14-8-6-11-5-4-7-12(2,3)9-11/h6H,4-5,7-9H2,1-3H3/b11-6+. The van der Waals surface area contributed by atoms with Crippen LogP contribution in [0.3, 0.4) is 0 Å². The van der Waals surface area contributed by atoms with Crippen molar-refractivity contribution >= 4 is 5.97 Å². The summed E-state index contributed by atoms with van der Waals surface area (Å²) in [5.41, 5.74) is 1.88. The van der Waals surface area contributed by atoms with Gasteiger partial charge in [0.2, 0.25) is 0 Å². The number of allylic oxidation sites excluding steroid dienone is 1. The molecule has 2 heteroatoms. The van der Waals surface area contributed by atoms with Gasteiger partial charge in [-0.1, -0.05) is 19.4 Å². The predicted octanol–water partition coefficient (Wildman–Crippen LogP) is 3.08. The van der Waals surface area contributed by atoms with E-state index in [9.17, 15) is 4.79 Å². The van der Waals surface area contributed by atoms with Crippen molar-refractivity contribution in [2.75, 3.05) is 6.61 Å². The number of carbonyl (C=O) groups excluding carboxylic acids is 1. The lowest BCUT2D eigenvalue weighted by Crippen LogP contribution is -2.17. The first-order valence-electron chi connectivity index (χ1n) is 5.31. The van der Waals surface area contributed by atoms with Crippen LogP contribution in [0.1, 0.15) is 46.5 Å². The van der Waals surface area contributed by atoms with Crippen molar-refractivity contribution in [1.29, 1.82) is 0 Å². The van der Waals surface area contributed by atoms with E-state index in [1.807, 2.05) is 0 Å². The average molecular weight is 196 g/mol. The van der Waals surface area contributed by atoms with E-state index in [1.165, 1.54) is 31.8 Å². The number of ether oxygens (including phenoxy) is 1. The molecule has 0 aromatic heterocycles. The molecule has 14 heavy (non-hydrogen) atoms. The number of carbonyl (C=O) groups is 1. The Labute approximate surface area is 86.3 Å². The van der Waals surface area contributed by atoms with Crippen molar-refractivity contribution in [2.45, 2.75) is 46.5 Å².